The molecule has 1 heterocycles. The number of hydrogen-bond acceptors (Lipinski definition) is 11. The van der Waals surface area contributed by atoms with Crippen molar-refractivity contribution in [2.45, 2.75) is 72.1 Å². The maximum Gasteiger partial charge on any atom is 0.196 e. The van der Waals surface area contributed by atoms with Gasteiger partial charge in [-0.3, -0.25) is 19.2 Å². The third-order valence-corrected chi connectivity index (χ3v) is 6.13. The lowest BCUT2D eigenvalue weighted by molar-refractivity contribution is -0.120. The van der Waals surface area contributed by atoms with Crippen molar-refractivity contribution >= 4 is 45.5 Å². The van der Waals surface area contributed by atoms with E-state index in [-0.39, 0.29) is 21.1 Å². The number of carbonyl (C=O) groups is 4. The van der Waals surface area contributed by atoms with Crippen molar-refractivity contribution in [2.24, 2.45) is 5.73 Å². The highest BCUT2D eigenvalue weighted by Gasteiger charge is 2.15. The van der Waals surface area contributed by atoms with E-state index in [9.17, 15) is 19.2 Å². The number of nitrogens with zero attached hydrogens (tertiary/aromatic N) is 1. The summed E-state index contributed by atoms with van der Waals surface area (Å²) in [5.41, 5.74) is 5.14. The molecule has 0 unspecified atom stereocenters. The van der Waals surface area contributed by atoms with E-state index in [4.69, 9.17) is 24.7 Å². The molecule has 0 amide bonds. The van der Waals surface area contributed by atoms with Crippen LogP contribution in [0.4, 0.5) is 0 Å². The van der Waals surface area contributed by atoms with Crippen molar-refractivity contribution in [1.29, 1.82) is 0 Å². The van der Waals surface area contributed by atoms with E-state index in [0.717, 1.165) is 24.6 Å². The number of thiol groups is 1. The van der Waals surface area contributed by atoms with Crippen molar-refractivity contribution in [2.75, 3.05) is 80.0 Å². The van der Waals surface area contributed by atoms with Gasteiger partial charge in [0.15, 0.2) is 15.3 Å². The molecule has 0 atom stereocenters. The van der Waals surface area contributed by atoms with Crippen molar-refractivity contribution in [3.8, 4) is 0 Å². The SMILES string of the molecule is CCN(CC)CC.COCCOCCCC(=O)CCCC(=O)S.COCCOCCN.O=C1CCCC(=O)S1. The molecular weight excluding hydrogens is 544 g/mol. The van der Waals surface area contributed by atoms with Crippen LogP contribution in [0.25, 0.3) is 0 Å². The predicted molar refractivity (Wildman–Crippen MR) is 161 cm³/mol. The Hall–Kier alpha value is -0.860. The highest BCUT2D eigenvalue weighted by molar-refractivity contribution is 8.26. The average Bonchev–Trinajstić information content (AvgIpc) is 2.90. The zero-order chi connectivity index (χ0) is 30.2. The quantitative estimate of drug-likeness (QED) is 0.167. The first-order chi connectivity index (χ1) is 18.7. The summed E-state index contributed by atoms with van der Waals surface area (Å²) >= 11 is 4.50. The van der Waals surface area contributed by atoms with Gasteiger partial charge in [-0.1, -0.05) is 20.8 Å². The molecule has 39 heavy (non-hydrogen) atoms. The first kappa shape index (κ1) is 42.6. The van der Waals surface area contributed by atoms with Crippen molar-refractivity contribution < 1.29 is 38.1 Å². The Morgan fingerprint density at radius 2 is 1.28 bits per heavy atom. The molecule has 0 aliphatic carbocycles. The summed E-state index contributed by atoms with van der Waals surface area (Å²) in [6, 6.07) is 0. The van der Waals surface area contributed by atoms with Crippen LogP contribution < -0.4 is 5.73 Å². The fourth-order valence-electron chi connectivity index (χ4n) is 2.78. The molecule has 0 aromatic rings. The lowest BCUT2D eigenvalue weighted by Crippen LogP contribution is -2.21. The molecule has 0 spiro atoms. The van der Waals surface area contributed by atoms with E-state index in [1.165, 1.54) is 19.6 Å². The normalized spacial score (nSPS) is 12.5. The summed E-state index contributed by atoms with van der Waals surface area (Å²) in [5.74, 6) is 0.185. The zero-order valence-electron chi connectivity index (χ0n) is 24.9. The maximum absolute atomic E-state index is 11.3. The second kappa shape index (κ2) is 35.2. The Bertz CT molecular complexity index is 569. The lowest BCUT2D eigenvalue weighted by atomic mass is 10.1. The highest BCUT2D eigenvalue weighted by atomic mass is 32.2. The second-order valence-electron chi connectivity index (χ2n) is 8.21. The summed E-state index contributed by atoms with van der Waals surface area (Å²) in [7, 11) is 3.27. The van der Waals surface area contributed by atoms with Crippen LogP contribution in [0.1, 0.15) is 72.1 Å². The number of hydrogen-bond donors (Lipinski definition) is 2. The Balaban J connectivity index is -0.000000476. The summed E-state index contributed by atoms with van der Waals surface area (Å²) in [6.45, 7) is 14.4. The highest BCUT2D eigenvalue weighted by Crippen LogP contribution is 2.19. The molecule has 12 heteroatoms. The lowest BCUT2D eigenvalue weighted by Gasteiger charge is -2.13. The number of carbonyl (C=O) groups excluding carboxylic acids is 4. The number of ketones is 1. The van der Waals surface area contributed by atoms with Crippen LogP contribution in [-0.4, -0.2) is 106 Å². The van der Waals surface area contributed by atoms with Gasteiger partial charge in [-0.2, -0.15) is 0 Å². The van der Waals surface area contributed by atoms with Gasteiger partial charge in [-0.05, 0) is 50.7 Å². The first-order valence-electron chi connectivity index (χ1n) is 13.7. The summed E-state index contributed by atoms with van der Waals surface area (Å²) in [5, 5.41) is -0.0989. The minimum Gasteiger partial charge on any atom is -0.382 e. The minimum absolute atomic E-state index is 0.0289. The van der Waals surface area contributed by atoms with E-state index in [1.807, 2.05) is 0 Å². The molecule has 0 bridgehead atoms. The molecule has 2 N–H and O–H groups in total. The van der Waals surface area contributed by atoms with Crippen molar-refractivity contribution in [3.05, 3.63) is 0 Å². The van der Waals surface area contributed by atoms with Gasteiger partial charge in [0.1, 0.15) is 5.78 Å². The molecular formula is C27H54N2O8S2. The molecule has 1 aliphatic rings. The Kier molecular flexibility index (Phi) is 38.4. The second-order valence-corrected chi connectivity index (χ2v) is 9.82. The number of methoxy groups -OCH3 is 2. The minimum atomic E-state index is -0.157. The molecule has 1 fully saturated rings. The molecule has 0 radical (unpaired) electrons. The van der Waals surface area contributed by atoms with Crippen LogP contribution in [0.5, 0.6) is 0 Å². The molecule has 0 saturated carbocycles. The molecule has 1 saturated heterocycles. The van der Waals surface area contributed by atoms with E-state index in [2.05, 4.69) is 38.3 Å². The fraction of sp³-hybridized carbons (Fsp3) is 0.852. The van der Waals surface area contributed by atoms with Gasteiger partial charge in [-0.25, -0.2) is 0 Å². The Morgan fingerprint density at radius 1 is 0.795 bits per heavy atom. The molecule has 0 aromatic heterocycles. The number of thioether (sulfide) groups is 1. The van der Waals surface area contributed by atoms with Gasteiger partial charge >= 0.3 is 0 Å². The first-order valence-corrected chi connectivity index (χ1v) is 15.0. The molecule has 10 nitrogen and oxygen atoms in total. The number of ether oxygens (including phenoxy) is 4. The van der Waals surface area contributed by atoms with Crippen LogP contribution in [0.2, 0.25) is 0 Å². The summed E-state index contributed by atoms with van der Waals surface area (Å²) in [4.78, 5) is 45.0. The van der Waals surface area contributed by atoms with Gasteiger partial charge in [0.05, 0.1) is 33.0 Å². The van der Waals surface area contributed by atoms with E-state index in [1.54, 1.807) is 14.2 Å². The van der Waals surface area contributed by atoms with Gasteiger partial charge < -0.3 is 29.6 Å². The number of Topliss-reactive ketones (excluding diaryl/α,β-unsaturated/α-hetero) is 1. The summed E-state index contributed by atoms with van der Waals surface area (Å²) < 4.78 is 19.7. The molecule has 0 aromatic carbocycles. The third kappa shape index (κ3) is 39.3. The largest absolute Gasteiger partial charge is 0.382 e. The molecule has 1 rings (SSSR count). The van der Waals surface area contributed by atoms with Crippen LogP contribution in [0.15, 0.2) is 0 Å². The van der Waals surface area contributed by atoms with E-state index < -0.39 is 0 Å². The standard InChI is InChI=1S/C11H20O4S.C6H15N.C5H13NO2.C5H6O2S/c1-14-8-9-15-7-3-5-10(12)4-2-6-11(13)16;1-4-7(5-2)6-3;1-7-4-5-8-3-2-6;6-4-2-1-3-5(7)8-4/h2-9H2,1H3,(H,13,16);4-6H2,1-3H3;2-6H2,1H3;1-3H2. The molecule has 1 aliphatic heterocycles. The fourth-order valence-corrected chi connectivity index (χ4v) is 3.69. The third-order valence-electron chi connectivity index (χ3n) is 5.05. The summed E-state index contributed by atoms with van der Waals surface area (Å²) in [6.07, 6.45) is 4.61. The van der Waals surface area contributed by atoms with Crippen LogP contribution in [-0.2, 0) is 38.1 Å². The predicted octanol–water partition coefficient (Wildman–Crippen LogP) is 3.54. The number of nitrogens with two attached hydrogens (primary N) is 1. The maximum atomic E-state index is 11.3. The van der Waals surface area contributed by atoms with Gasteiger partial charge in [0.2, 0.25) is 0 Å². The van der Waals surface area contributed by atoms with Gasteiger partial charge in [-0.15, -0.1) is 12.6 Å². The van der Waals surface area contributed by atoms with Crippen LogP contribution in [0.3, 0.4) is 0 Å². The zero-order valence-corrected chi connectivity index (χ0v) is 26.6. The monoisotopic (exact) mass is 598 g/mol. The van der Waals surface area contributed by atoms with Crippen LogP contribution in [0, 0.1) is 0 Å². The van der Waals surface area contributed by atoms with Crippen molar-refractivity contribution in [1.82, 2.24) is 4.90 Å². The number of rotatable bonds is 19. The molecule has 232 valence electrons. The topological polar surface area (TPSA) is 134 Å². The van der Waals surface area contributed by atoms with Crippen LogP contribution >= 0.6 is 24.4 Å². The average molecular weight is 599 g/mol. The van der Waals surface area contributed by atoms with E-state index in [0.29, 0.717) is 84.7 Å². The van der Waals surface area contributed by atoms with Crippen molar-refractivity contribution in [3.63, 3.8) is 0 Å². The van der Waals surface area contributed by atoms with Gasteiger partial charge in [0, 0.05) is 59.5 Å². The van der Waals surface area contributed by atoms with Gasteiger partial charge in [0.25, 0.3) is 0 Å². The smallest absolute Gasteiger partial charge is 0.196 e. The Morgan fingerprint density at radius 3 is 1.64 bits per heavy atom. The van der Waals surface area contributed by atoms with E-state index >= 15 is 0 Å². The Labute approximate surface area is 246 Å².